The number of hydrogen-bond donors (Lipinski definition) is 2. The van der Waals surface area contributed by atoms with Crippen molar-refractivity contribution in [3.8, 4) is 0 Å². The SMILES string of the molecule is Cl.NCC(=O)NCC(=O)N1CCC(Cc2ccc(F)cc2)C1. The van der Waals surface area contributed by atoms with Crippen LogP contribution >= 0.6 is 12.4 Å². The molecule has 0 aromatic heterocycles. The first-order valence-corrected chi connectivity index (χ1v) is 7.07. The first-order valence-electron chi connectivity index (χ1n) is 7.07. The molecule has 1 aromatic rings. The second kappa shape index (κ2) is 8.70. The van der Waals surface area contributed by atoms with E-state index in [-0.39, 0.29) is 43.1 Å². The Kier molecular flexibility index (Phi) is 7.27. The van der Waals surface area contributed by atoms with Gasteiger partial charge in [0.25, 0.3) is 0 Å². The van der Waals surface area contributed by atoms with Gasteiger partial charge >= 0.3 is 0 Å². The minimum absolute atomic E-state index is 0. The third-order valence-corrected chi connectivity index (χ3v) is 3.70. The van der Waals surface area contributed by atoms with Crippen molar-refractivity contribution >= 4 is 24.2 Å². The van der Waals surface area contributed by atoms with Crippen LogP contribution in [0.2, 0.25) is 0 Å². The fraction of sp³-hybridized carbons (Fsp3) is 0.467. The minimum atomic E-state index is -0.328. The van der Waals surface area contributed by atoms with Crippen LogP contribution in [0.3, 0.4) is 0 Å². The lowest BCUT2D eigenvalue weighted by atomic mass is 9.99. The summed E-state index contributed by atoms with van der Waals surface area (Å²) in [5.74, 6) is -0.272. The number of halogens is 2. The molecule has 22 heavy (non-hydrogen) atoms. The van der Waals surface area contributed by atoms with Crippen LogP contribution in [0.4, 0.5) is 4.39 Å². The average Bonchev–Trinajstić information content (AvgIpc) is 2.95. The van der Waals surface area contributed by atoms with E-state index in [0.717, 1.165) is 18.4 Å². The highest BCUT2D eigenvalue weighted by atomic mass is 35.5. The molecule has 122 valence electrons. The topological polar surface area (TPSA) is 75.4 Å². The number of rotatable bonds is 5. The number of nitrogens with one attached hydrogen (secondary N) is 1. The normalized spacial score (nSPS) is 17.0. The molecule has 0 spiro atoms. The summed E-state index contributed by atoms with van der Waals surface area (Å²) in [5.41, 5.74) is 6.24. The van der Waals surface area contributed by atoms with Crippen LogP contribution in [0, 0.1) is 11.7 Å². The maximum absolute atomic E-state index is 12.9. The van der Waals surface area contributed by atoms with Gasteiger partial charge in [0.1, 0.15) is 5.82 Å². The summed E-state index contributed by atoms with van der Waals surface area (Å²) in [6, 6.07) is 6.47. The molecular formula is C15H21ClFN3O2. The third kappa shape index (κ3) is 5.27. The summed E-state index contributed by atoms with van der Waals surface area (Å²) in [6.45, 7) is 1.26. The number of carbonyl (C=O) groups is 2. The van der Waals surface area contributed by atoms with Gasteiger partial charge in [0.05, 0.1) is 13.1 Å². The number of carbonyl (C=O) groups excluding carboxylic acids is 2. The number of nitrogens with zero attached hydrogens (tertiary/aromatic N) is 1. The summed E-state index contributed by atoms with van der Waals surface area (Å²) in [6.07, 6.45) is 1.76. The summed E-state index contributed by atoms with van der Waals surface area (Å²) < 4.78 is 12.9. The van der Waals surface area contributed by atoms with E-state index in [1.807, 2.05) is 0 Å². The molecule has 1 unspecified atom stereocenters. The molecule has 1 heterocycles. The maximum Gasteiger partial charge on any atom is 0.241 e. The van der Waals surface area contributed by atoms with E-state index in [1.165, 1.54) is 12.1 Å². The zero-order chi connectivity index (χ0) is 15.2. The van der Waals surface area contributed by atoms with E-state index >= 15 is 0 Å². The zero-order valence-electron chi connectivity index (χ0n) is 12.3. The Morgan fingerprint density at radius 2 is 2.00 bits per heavy atom. The molecule has 2 rings (SSSR count). The van der Waals surface area contributed by atoms with Crippen molar-refractivity contribution in [3.05, 3.63) is 35.6 Å². The molecule has 1 fully saturated rings. The minimum Gasteiger partial charge on any atom is -0.346 e. The fourth-order valence-corrected chi connectivity index (χ4v) is 2.54. The van der Waals surface area contributed by atoms with E-state index in [0.29, 0.717) is 19.0 Å². The van der Waals surface area contributed by atoms with Crippen molar-refractivity contribution < 1.29 is 14.0 Å². The van der Waals surface area contributed by atoms with Crippen LogP contribution in [0.25, 0.3) is 0 Å². The molecule has 2 amide bonds. The number of likely N-dealkylation sites (tertiary alicyclic amines) is 1. The predicted octanol–water partition coefficient (Wildman–Crippen LogP) is 0.713. The third-order valence-electron chi connectivity index (χ3n) is 3.70. The molecule has 1 aliphatic rings. The van der Waals surface area contributed by atoms with Crippen LogP contribution in [0.1, 0.15) is 12.0 Å². The van der Waals surface area contributed by atoms with Crippen LogP contribution in [0.5, 0.6) is 0 Å². The molecule has 0 aliphatic carbocycles. The molecular weight excluding hydrogens is 309 g/mol. The van der Waals surface area contributed by atoms with Gasteiger partial charge in [0.2, 0.25) is 11.8 Å². The van der Waals surface area contributed by atoms with Crippen molar-refractivity contribution in [1.29, 1.82) is 0 Å². The molecule has 3 N–H and O–H groups in total. The van der Waals surface area contributed by atoms with Crippen molar-refractivity contribution in [2.24, 2.45) is 11.7 Å². The number of nitrogens with two attached hydrogens (primary N) is 1. The highest BCUT2D eigenvalue weighted by molar-refractivity contribution is 5.85. The Morgan fingerprint density at radius 3 is 2.64 bits per heavy atom. The molecule has 0 bridgehead atoms. The van der Waals surface area contributed by atoms with Gasteiger partial charge in [0.15, 0.2) is 0 Å². The van der Waals surface area contributed by atoms with Gasteiger partial charge in [-0.15, -0.1) is 12.4 Å². The highest BCUT2D eigenvalue weighted by Gasteiger charge is 2.26. The van der Waals surface area contributed by atoms with E-state index in [9.17, 15) is 14.0 Å². The van der Waals surface area contributed by atoms with Gasteiger partial charge < -0.3 is 16.0 Å². The van der Waals surface area contributed by atoms with Gasteiger partial charge in [-0.05, 0) is 36.5 Å². The molecule has 1 aromatic carbocycles. The van der Waals surface area contributed by atoms with Gasteiger partial charge in [-0.2, -0.15) is 0 Å². The molecule has 1 aliphatic heterocycles. The van der Waals surface area contributed by atoms with Crippen LogP contribution in [-0.4, -0.2) is 42.9 Å². The second-order valence-corrected chi connectivity index (χ2v) is 5.31. The van der Waals surface area contributed by atoms with Gasteiger partial charge in [0, 0.05) is 13.1 Å². The van der Waals surface area contributed by atoms with Gasteiger partial charge in [-0.25, -0.2) is 4.39 Å². The molecule has 1 atom stereocenters. The van der Waals surface area contributed by atoms with Crippen LogP contribution < -0.4 is 11.1 Å². The lowest BCUT2D eigenvalue weighted by Crippen LogP contribution is -2.41. The molecule has 5 nitrogen and oxygen atoms in total. The molecule has 0 saturated carbocycles. The second-order valence-electron chi connectivity index (χ2n) is 5.31. The number of benzene rings is 1. The predicted molar refractivity (Wildman–Crippen MR) is 84.1 cm³/mol. The molecule has 0 radical (unpaired) electrons. The smallest absolute Gasteiger partial charge is 0.241 e. The van der Waals surface area contributed by atoms with Crippen molar-refractivity contribution in [2.45, 2.75) is 12.8 Å². The van der Waals surface area contributed by atoms with Crippen molar-refractivity contribution in [2.75, 3.05) is 26.2 Å². The molecule has 7 heteroatoms. The summed E-state index contributed by atoms with van der Waals surface area (Å²) in [4.78, 5) is 24.7. The van der Waals surface area contributed by atoms with E-state index < -0.39 is 0 Å². The maximum atomic E-state index is 12.9. The first-order chi connectivity index (χ1) is 10.1. The van der Waals surface area contributed by atoms with Crippen LogP contribution in [-0.2, 0) is 16.0 Å². The fourth-order valence-electron chi connectivity index (χ4n) is 2.54. The van der Waals surface area contributed by atoms with Crippen molar-refractivity contribution in [3.63, 3.8) is 0 Å². The Balaban J connectivity index is 0.00000242. The Morgan fingerprint density at radius 1 is 1.32 bits per heavy atom. The Bertz CT molecular complexity index is 510. The van der Waals surface area contributed by atoms with E-state index in [1.54, 1.807) is 17.0 Å². The monoisotopic (exact) mass is 329 g/mol. The Labute approximate surface area is 135 Å². The standard InChI is InChI=1S/C15H20FN3O2.ClH/c16-13-3-1-11(2-4-13)7-12-5-6-19(10-12)15(21)9-18-14(20)8-17;/h1-4,12H,5-10,17H2,(H,18,20);1H. The summed E-state index contributed by atoms with van der Waals surface area (Å²) in [7, 11) is 0. The Hall–Kier alpha value is -1.66. The highest BCUT2D eigenvalue weighted by Crippen LogP contribution is 2.21. The lowest BCUT2D eigenvalue weighted by Gasteiger charge is -2.17. The number of amides is 2. The van der Waals surface area contributed by atoms with E-state index in [4.69, 9.17) is 5.73 Å². The zero-order valence-corrected chi connectivity index (χ0v) is 13.1. The van der Waals surface area contributed by atoms with Gasteiger partial charge in [-0.3, -0.25) is 9.59 Å². The van der Waals surface area contributed by atoms with Crippen molar-refractivity contribution in [1.82, 2.24) is 10.2 Å². The average molecular weight is 330 g/mol. The lowest BCUT2D eigenvalue weighted by molar-refractivity contribution is -0.131. The quantitative estimate of drug-likeness (QED) is 0.835. The summed E-state index contributed by atoms with van der Waals surface area (Å²) in [5, 5.41) is 2.48. The van der Waals surface area contributed by atoms with Crippen LogP contribution in [0.15, 0.2) is 24.3 Å². The summed E-state index contributed by atoms with van der Waals surface area (Å²) >= 11 is 0. The molecule has 1 saturated heterocycles. The van der Waals surface area contributed by atoms with E-state index in [2.05, 4.69) is 5.32 Å². The largest absolute Gasteiger partial charge is 0.346 e. The first kappa shape index (κ1) is 18.4. The number of hydrogen-bond acceptors (Lipinski definition) is 3. The van der Waals surface area contributed by atoms with Gasteiger partial charge in [-0.1, -0.05) is 12.1 Å².